The van der Waals surface area contributed by atoms with Crippen LogP contribution in [0.5, 0.6) is 0 Å². The molecule has 0 aromatic carbocycles. The second-order valence-electron chi connectivity index (χ2n) is 4.12. The van der Waals surface area contributed by atoms with Gasteiger partial charge < -0.3 is 10.1 Å². The molecular weight excluding hydrogens is 290 g/mol. The molecule has 0 atom stereocenters. The van der Waals surface area contributed by atoms with Gasteiger partial charge in [0.15, 0.2) is 5.69 Å². The lowest BCUT2D eigenvalue weighted by molar-refractivity contribution is 0.0597. The van der Waals surface area contributed by atoms with E-state index in [4.69, 9.17) is 4.74 Å². The number of nitrogens with zero attached hydrogens (tertiary/aromatic N) is 4. The van der Waals surface area contributed by atoms with Crippen molar-refractivity contribution >= 4 is 33.5 Å². The zero-order chi connectivity index (χ0) is 14.7. The summed E-state index contributed by atoms with van der Waals surface area (Å²) in [6.45, 7) is 0.469. The van der Waals surface area contributed by atoms with Crippen molar-refractivity contribution < 1.29 is 9.53 Å². The molecule has 0 bridgehead atoms. The van der Waals surface area contributed by atoms with E-state index in [-0.39, 0.29) is 5.69 Å². The Bertz CT molecular complexity index is 775. The third-order valence-corrected chi connectivity index (χ3v) is 3.66. The summed E-state index contributed by atoms with van der Waals surface area (Å²) in [7, 11) is 1.33. The molecule has 3 heterocycles. The number of esters is 1. The molecule has 0 aliphatic heterocycles. The van der Waals surface area contributed by atoms with Gasteiger partial charge in [-0.3, -0.25) is 0 Å². The molecule has 0 unspecified atom stereocenters. The number of nitrogens with one attached hydrogen (secondary N) is 1. The number of rotatable bonds is 4. The second-order valence-corrected chi connectivity index (χ2v) is 5.04. The molecule has 0 spiro atoms. The van der Waals surface area contributed by atoms with E-state index in [9.17, 15) is 4.79 Å². The van der Waals surface area contributed by atoms with Crippen molar-refractivity contribution in [1.82, 2.24) is 19.9 Å². The van der Waals surface area contributed by atoms with E-state index in [0.29, 0.717) is 18.0 Å². The predicted molar refractivity (Wildman–Crippen MR) is 78.1 cm³/mol. The molecule has 8 heteroatoms. The van der Waals surface area contributed by atoms with Crippen molar-refractivity contribution in [2.45, 2.75) is 6.54 Å². The number of ether oxygens (including phenoxy) is 1. The smallest absolute Gasteiger partial charge is 0.358 e. The molecule has 7 nitrogen and oxygen atoms in total. The fourth-order valence-corrected chi connectivity index (χ4v) is 2.59. The van der Waals surface area contributed by atoms with Gasteiger partial charge in [-0.15, -0.1) is 11.3 Å². The maximum absolute atomic E-state index is 11.8. The van der Waals surface area contributed by atoms with Crippen LogP contribution in [0.15, 0.2) is 30.2 Å². The summed E-state index contributed by atoms with van der Waals surface area (Å²) in [4.78, 5) is 28.3. The number of aromatic nitrogens is 4. The number of carbonyl (C=O) groups excluding carboxylic acids is 1. The van der Waals surface area contributed by atoms with Crippen molar-refractivity contribution in [1.29, 1.82) is 0 Å². The lowest BCUT2D eigenvalue weighted by Gasteiger charge is -2.06. The molecule has 21 heavy (non-hydrogen) atoms. The number of methoxy groups -OCH3 is 1. The van der Waals surface area contributed by atoms with Crippen LogP contribution in [0.1, 0.15) is 16.1 Å². The highest BCUT2D eigenvalue weighted by atomic mass is 32.1. The molecule has 106 valence electrons. The Labute approximate surface area is 124 Å². The zero-order valence-electron chi connectivity index (χ0n) is 11.1. The first kappa shape index (κ1) is 13.4. The number of thiophene rings is 1. The fraction of sp³-hybridized carbons (Fsp3) is 0.154. The molecule has 0 saturated carbocycles. The van der Waals surface area contributed by atoms with Gasteiger partial charge in [0.05, 0.1) is 17.3 Å². The van der Waals surface area contributed by atoms with Crippen LogP contribution in [-0.4, -0.2) is 33.0 Å². The maximum atomic E-state index is 11.8. The Kier molecular flexibility index (Phi) is 3.69. The molecule has 3 rings (SSSR count). The van der Waals surface area contributed by atoms with Crippen LogP contribution in [0.25, 0.3) is 10.2 Å². The van der Waals surface area contributed by atoms with E-state index in [1.54, 1.807) is 12.4 Å². The van der Waals surface area contributed by atoms with E-state index in [1.165, 1.54) is 24.8 Å². The van der Waals surface area contributed by atoms with Crippen molar-refractivity contribution in [3.63, 3.8) is 0 Å². The van der Waals surface area contributed by atoms with Crippen molar-refractivity contribution in [3.05, 3.63) is 41.4 Å². The predicted octanol–water partition coefficient (Wildman–Crippen LogP) is 1.88. The van der Waals surface area contributed by atoms with Crippen molar-refractivity contribution in [2.24, 2.45) is 0 Å². The number of anilines is 1. The van der Waals surface area contributed by atoms with Gasteiger partial charge in [0.1, 0.15) is 6.33 Å². The van der Waals surface area contributed by atoms with Crippen LogP contribution < -0.4 is 5.32 Å². The van der Waals surface area contributed by atoms with Gasteiger partial charge in [0, 0.05) is 24.5 Å². The molecular formula is C13H11N5O2S. The third kappa shape index (κ3) is 2.79. The summed E-state index contributed by atoms with van der Waals surface area (Å²) in [5.41, 5.74) is 1.87. The molecule has 3 aromatic heterocycles. The zero-order valence-corrected chi connectivity index (χ0v) is 11.9. The molecule has 0 fully saturated rings. The van der Waals surface area contributed by atoms with Crippen LogP contribution >= 0.6 is 11.3 Å². The monoisotopic (exact) mass is 301 g/mol. The summed E-state index contributed by atoms with van der Waals surface area (Å²) in [5, 5.41) is 4.92. The lowest BCUT2D eigenvalue weighted by Crippen LogP contribution is -2.10. The standard InChI is InChI=1S/C13H11N5O2S/c1-20-12(19)10-11-9(2-3-21-11)17-13(18-10)16-6-8-4-14-7-15-5-8/h2-5,7H,6H2,1H3,(H,16,17,18). The van der Waals surface area contributed by atoms with Crippen LogP contribution in [-0.2, 0) is 11.3 Å². The van der Waals surface area contributed by atoms with Gasteiger partial charge >= 0.3 is 5.97 Å². The molecule has 0 amide bonds. The highest BCUT2D eigenvalue weighted by Gasteiger charge is 2.16. The van der Waals surface area contributed by atoms with Crippen LogP contribution in [0.2, 0.25) is 0 Å². The van der Waals surface area contributed by atoms with E-state index >= 15 is 0 Å². The highest BCUT2D eigenvalue weighted by molar-refractivity contribution is 7.17. The summed E-state index contributed by atoms with van der Waals surface area (Å²) < 4.78 is 5.48. The highest BCUT2D eigenvalue weighted by Crippen LogP contribution is 2.24. The van der Waals surface area contributed by atoms with Crippen LogP contribution in [0, 0.1) is 0 Å². The van der Waals surface area contributed by atoms with Crippen molar-refractivity contribution in [3.8, 4) is 0 Å². The topological polar surface area (TPSA) is 89.9 Å². The molecule has 0 aliphatic carbocycles. The van der Waals surface area contributed by atoms with E-state index in [0.717, 1.165) is 10.3 Å². The maximum Gasteiger partial charge on any atom is 0.358 e. The summed E-state index contributed by atoms with van der Waals surface area (Å²) >= 11 is 1.41. The number of carbonyl (C=O) groups is 1. The third-order valence-electron chi connectivity index (χ3n) is 2.75. The Morgan fingerprint density at radius 1 is 1.33 bits per heavy atom. The second kappa shape index (κ2) is 5.80. The minimum Gasteiger partial charge on any atom is -0.464 e. The van der Waals surface area contributed by atoms with Gasteiger partial charge in [0.25, 0.3) is 0 Å². The normalized spacial score (nSPS) is 10.5. The lowest BCUT2D eigenvalue weighted by atomic mass is 10.3. The largest absolute Gasteiger partial charge is 0.464 e. The first-order valence-electron chi connectivity index (χ1n) is 6.09. The average molecular weight is 301 g/mol. The summed E-state index contributed by atoms with van der Waals surface area (Å²) in [6, 6.07) is 1.84. The van der Waals surface area contributed by atoms with E-state index < -0.39 is 5.97 Å². The minimum absolute atomic E-state index is 0.268. The molecule has 3 aromatic rings. The summed E-state index contributed by atoms with van der Waals surface area (Å²) in [5.74, 6) is -0.110. The Balaban J connectivity index is 1.90. The van der Waals surface area contributed by atoms with Gasteiger partial charge in [-0.1, -0.05) is 0 Å². The van der Waals surface area contributed by atoms with Crippen molar-refractivity contribution in [2.75, 3.05) is 12.4 Å². The quantitative estimate of drug-likeness (QED) is 0.736. The molecule has 0 saturated heterocycles. The summed E-state index contributed by atoms with van der Waals surface area (Å²) in [6.07, 6.45) is 4.86. The van der Waals surface area contributed by atoms with Gasteiger partial charge in [0.2, 0.25) is 5.95 Å². The Hall–Kier alpha value is -2.61. The first-order chi connectivity index (χ1) is 10.3. The SMILES string of the molecule is COC(=O)c1nc(NCc2cncnc2)nc2ccsc12. The molecule has 0 aliphatic rings. The number of hydrogen-bond donors (Lipinski definition) is 1. The first-order valence-corrected chi connectivity index (χ1v) is 6.97. The van der Waals surface area contributed by atoms with Gasteiger partial charge in [-0.25, -0.2) is 24.7 Å². The Morgan fingerprint density at radius 3 is 2.90 bits per heavy atom. The molecule has 1 N–H and O–H groups in total. The van der Waals surface area contributed by atoms with E-state index in [1.807, 2.05) is 11.4 Å². The Morgan fingerprint density at radius 2 is 2.14 bits per heavy atom. The van der Waals surface area contributed by atoms with Gasteiger partial charge in [-0.05, 0) is 11.4 Å². The van der Waals surface area contributed by atoms with Crippen LogP contribution in [0.4, 0.5) is 5.95 Å². The van der Waals surface area contributed by atoms with Gasteiger partial charge in [-0.2, -0.15) is 0 Å². The fourth-order valence-electron chi connectivity index (χ4n) is 1.78. The minimum atomic E-state index is -0.476. The number of hydrogen-bond acceptors (Lipinski definition) is 8. The van der Waals surface area contributed by atoms with E-state index in [2.05, 4.69) is 25.3 Å². The molecule has 0 radical (unpaired) electrons. The average Bonchev–Trinajstić information content (AvgIpc) is 3.00. The number of fused-ring (bicyclic) bond motifs is 1. The van der Waals surface area contributed by atoms with Crippen LogP contribution in [0.3, 0.4) is 0 Å².